The molecule has 1 aliphatic heterocycles. The van der Waals surface area contributed by atoms with Crippen LogP contribution in [0.2, 0.25) is 5.32 Å². The molecule has 1 heterocycles. The first-order chi connectivity index (χ1) is 5.47. The van der Waals surface area contributed by atoms with E-state index in [4.69, 9.17) is 0 Å². The fourth-order valence-corrected chi connectivity index (χ4v) is 2.79. The summed E-state index contributed by atoms with van der Waals surface area (Å²) in [5.41, 5.74) is 1.36. The van der Waals surface area contributed by atoms with E-state index in [1.54, 1.807) is 0 Å². The molecular weight excluding hydrogens is 201 g/mol. The molecule has 1 unspecified atom stereocenters. The van der Waals surface area contributed by atoms with E-state index in [-0.39, 0.29) is 0 Å². The van der Waals surface area contributed by atoms with Gasteiger partial charge in [0.1, 0.15) is 0 Å². The van der Waals surface area contributed by atoms with Crippen LogP contribution in [0.15, 0.2) is 35.3 Å². The Morgan fingerprint density at radius 1 is 1.27 bits per heavy atom. The molecule has 0 saturated heterocycles. The van der Waals surface area contributed by atoms with E-state index in [0.717, 1.165) is 0 Å². The molecular formula is C9H9NSe. The van der Waals surface area contributed by atoms with Gasteiger partial charge in [-0.25, -0.2) is 0 Å². The summed E-state index contributed by atoms with van der Waals surface area (Å²) in [4.78, 5) is 4.41. The van der Waals surface area contributed by atoms with Gasteiger partial charge in [-0.3, -0.25) is 0 Å². The van der Waals surface area contributed by atoms with Crippen molar-refractivity contribution in [3.8, 4) is 0 Å². The molecule has 0 aromatic heterocycles. The topological polar surface area (TPSA) is 12.4 Å². The van der Waals surface area contributed by atoms with Crippen molar-refractivity contribution in [2.24, 2.45) is 4.99 Å². The summed E-state index contributed by atoms with van der Waals surface area (Å²) in [6.07, 6.45) is 0. The van der Waals surface area contributed by atoms with E-state index in [0.29, 0.717) is 21.0 Å². The summed E-state index contributed by atoms with van der Waals surface area (Å²) < 4.78 is 0. The second kappa shape index (κ2) is 3.20. The van der Waals surface area contributed by atoms with Crippen LogP contribution < -0.4 is 0 Å². The van der Waals surface area contributed by atoms with E-state index in [9.17, 15) is 0 Å². The summed E-state index contributed by atoms with van der Waals surface area (Å²) in [6, 6.07) is 11.0. The normalized spacial score (nSPS) is 22.4. The van der Waals surface area contributed by atoms with Crippen LogP contribution in [0.5, 0.6) is 0 Å². The third-order valence-electron chi connectivity index (χ3n) is 1.75. The number of hydrogen-bond acceptors (Lipinski definition) is 1. The quantitative estimate of drug-likeness (QED) is 0.627. The zero-order valence-electron chi connectivity index (χ0n) is 6.10. The SMILES string of the molecule is C1=NC(c2ccccc2)C[Se]1. The molecule has 0 spiro atoms. The molecule has 56 valence electrons. The predicted molar refractivity (Wildman–Crippen MR) is 48.2 cm³/mol. The molecule has 1 nitrogen and oxygen atoms in total. The molecule has 0 fully saturated rings. The van der Waals surface area contributed by atoms with Crippen molar-refractivity contribution in [1.29, 1.82) is 0 Å². The van der Waals surface area contributed by atoms with Gasteiger partial charge >= 0.3 is 72.3 Å². The monoisotopic (exact) mass is 211 g/mol. The Kier molecular flexibility index (Phi) is 2.06. The molecule has 1 aromatic rings. The molecule has 0 N–H and O–H groups in total. The Balaban J connectivity index is 2.23. The Hall–Kier alpha value is -0.591. The van der Waals surface area contributed by atoms with Gasteiger partial charge in [0, 0.05) is 0 Å². The number of hydrogen-bond donors (Lipinski definition) is 0. The number of benzene rings is 1. The summed E-state index contributed by atoms with van der Waals surface area (Å²) in [5, 5.41) is 3.34. The first-order valence-corrected chi connectivity index (χ1v) is 5.85. The van der Waals surface area contributed by atoms with Crippen LogP contribution in [0.25, 0.3) is 0 Å². The van der Waals surface area contributed by atoms with Gasteiger partial charge in [0.05, 0.1) is 0 Å². The van der Waals surface area contributed by atoms with Crippen LogP contribution in [0, 0.1) is 0 Å². The maximum atomic E-state index is 4.41. The maximum absolute atomic E-state index is 4.41. The zero-order chi connectivity index (χ0) is 7.52. The molecule has 0 radical (unpaired) electrons. The van der Waals surface area contributed by atoms with Crippen LogP contribution in [0.4, 0.5) is 0 Å². The van der Waals surface area contributed by atoms with Crippen LogP contribution >= 0.6 is 0 Å². The van der Waals surface area contributed by atoms with Gasteiger partial charge < -0.3 is 0 Å². The molecule has 0 amide bonds. The summed E-state index contributed by atoms with van der Waals surface area (Å²) in [5.74, 6) is 0. The minimum absolute atomic E-state index is 0.469. The molecule has 11 heavy (non-hydrogen) atoms. The van der Waals surface area contributed by atoms with Gasteiger partial charge in [0.15, 0.2) is 0 Å². The van der Waals surface area contributed by atoms with Gasteiger partial charge in [-0.2, -0.15) is 0 Å². The van der Waals surface area contributed by atoms with Gasteiger partial charge in [-0.1, -0.05) is 0 Å². The first-order valence-electron chi connectivity index (χ1n) is 3.65. The molecule has 2 rings (SSSR count). The van der Waals surface area contributed by atoms with E-state index < -0.39 is 0 Å². The Morgan fingerprint density at radius 3 is 2.73 bits per heavy atom. The van der Waals surface area contributed by atoms with Crippen molar-refractivity contribution in [3.05, 3.63) is 35.9 Å². The number of rotatable bonds is 1. The van der Waals surface area contributed by atoms with Gasteiger partial charge in [0.25, 0.3) is 0 Å². The molecule has 1 atom stereocenters. The summed E-state index contributed by atoms with van der Waals surface area (Å²) >= 11 is 0.653. The van der Waals surface area contributed by atoms with Crippen LogP contribution in [-0.4, -0.2) is 20.1 Å². The Morgan fingerprint density at radius 2 is 2.09 bits per heavy atom. The first kappa shape index (κ1) is 7.08. The number of aliphatic imine (C=N–C) groups is 1. The second-order valence-corrected chi connectivity index (χ2v) is 4.36. The predicted octanol–water partition coefficient (Wildman–Crippen LogP) is 1.89. The molecule has 2 heteroatoms. The van der Waals surface area contributed by atoms with Gasteiger partial charge in [0.2, 0.25) is 0 Å². The average Bonchev–Trinajstić information content (AvgIpc) is 2.58. The Bertz CT molecular complexity index is 256. The molecule has 0 bridgehead atoms. The Labute approximate surface area is 72.7 Å². The molecule has 1 aromatic carbocycles. The fourth-order valence-electron chi connectivity index (χ4n) is 1.15. The van der Waals surface area contributed by atoms with Crippen molar-refractivity contribution in [1.82, 2.24) is 0 Å². The van der Waals surface area contributed by atoms with Crippen LogP contribution in [0.1, 0.15) is 11.6 Å². The van der Waals surface area contributed by atoms with Crippen LogP contribution in [0.3, 0.4) is 0 Å². The second-order valence-electron chi connectivity index (χ2n) is 2.51. The molecule has 1 aliphatic rings. The van der Waals surface area contributed by atoms with E-state index in [1.165, 1.54) is 10.9 Å². The summed E-state index contributed by atoms with van der Waals surface area (Å²) in [6.45, 7) is 0. The van der Waals surface area contributed by atoms with Crippen LogP contribution in [-0.2, 0) is 0 Å². The standard InChI is InChI=1S/C9H9NSe/c1-2-4-8(5-3-1)9-6-11-7-10-9/h1-5,7,9H,6H2. The molecule has 0 saturated carbocycles. The third kappa shape index (κ3) is 1.52. The molecule has 0 aliphatic carbocycles. The van der Waals surface area contributed by atoms with Crippen molar-refractivity contribution in [3.63, 3.8) is 0 Å². The van der Waals surface area contributed by atoms with Gasteiger partial charge in [-0.15, -0.1) is 0 Å². The minimum atomic E-state index is 0.469. The van der Waals surface area contributed by atoms with Crippen molar-refractivity contribution in [2.45, 2.75) is 11.4 Å². The van der Waals surface area contributed by atoms with E-state index in [1.807, 2.05) is 6.07 Å². The summed E-state index contributed by atoms with van der Waals surface area (Å²) in [7, 11) is 0. The van der Waals surface area contributed by atoms with Crippen molar-refractivity contribution in [2.75, 3.05) is 0 Å². The average molecular weight is 210 g/mol. The van der Waals surface area contributed by atoms with Crippen molar-refractivity contribution < 1.29 is 0 Å². The van der Waals surface area contributed by atoms with E-state index >= 15 is 0 Å². The van der Waals surface area contributed by atoms with E-state index in [2.05, 4.69) is 34.4 Å². The fraction of sp³-hybridized carbons (Fsp3) is 0.222. The van der Waals surface area contributed by atoms with Crippen molar-refractivity contribution >= 4 is 20.1 Å². The van der Waals surface area contributed by atoms with Gasteiger partial charge in [-0.05, 0) is 0 Å². The zero-order valence-corrected chi connectivity index (χ0v) is 7.82. The number of nitrogens with zero attached hydrogens (tertiary/aromatic N) is 1. The third-order valence-corrected chi connectivity index (χ3v) is 3.39.